The predicted molar refractivity (Wildman–Crippen MR) is 86.2 cm³/mol. The first-order chi connectivity index (χ1) is 11.2. The summed E-state index contributed by atoms with van der Waals surface area (Å²) in [7, 11) is 0. The van der Waals surface area contributed by atoms with E-state index in [1.807, 2.05) is 41.2 Å². The van der Waals surface area contributed by atoms with Crippen molar-refractivity contribution in [1.29, 1.82) is 0 Å². The van der Waals surface area contributed by atoms with Gasteiger partial charge in [-0.25, -0.2) is 0 Å². The highest BCUT2D eigenvalue weighted by atomic mass is 79.9. The Balaban J connectivity index is 1.44. The van der Waals surface area contributed by atoms with E-state index in [1.165, 1.54) is 11.0 Å². The van der Waals surface area contributed by atoms with Gasteiger partial charge in [-0.05, 0) is 28.1 Å². The fraction of sp³-hybridized carbons (Fsp3) is 0.200. The summed E-state index contributed by atoms with van der Waals surface area (Å²) in [5.74, 6) is -0.102. The number of aromatic nitrogens is 5. The van der Waals surface area contributed by atoms with Gasteiger partial charge in [0.2, 0.25) is 0 Å². The number of para-hydroxylation sites is 1. The molecule has 1 fully saturated rings. The molecule has 1 aliphatic heterocycles. The SMILES string of the molecule is O=C(c1cnn(-c2ccccc2)n1)N1CC(n2cc(Br)cn2)C1. The molecule has 0 atom stereocenters. The highest BCUT2D eigenvalue weighted by molar-refractivity contribution is 9.10. The first kappa shape index (κ1) is 14.1. The van der Waals surface area contributed by atoms with Crippen LogP contribution < -0.4 is 0 Å². The third-order valence-electron chi connectivity index (χ3n) is 3.79. The zero-order valence-corrected chi connectivity index (χ0v) is 13.7. The molecule has 8 heteroatoms. The average molecular weight is 373 g/mol. The Hall–Kier alpha value is -2.48. The lowest BCUT2D eigenvalue weighted by molar-refractivity contribution is 0.0495. The second kappa shape index (κ2) is 5.62. The molecule has 116 valence electrons. The lowest BCUT2D eigenvalue weighted by Gasteiger charge is -2.38. The van der Waals surface area contributed by atoms with Gasteiger partial charge in [0.1, 0.15) is 0 Å². The summed E-state index contributed by atoms with van der Waals surface area (Å²) in [6.07, 6.45) is 5.17. The number of hydrogen-bond acceptors (Lipinski definition) is 4. The van der Waals surface area contributed by atoms with Gasteiger partial charge in [0, 0.05) is 19.3 Å². The number of benzene rings is 1. The van der Waals surface area contributed by atoms with Crippen LogP contribution in [0.1, 0.15) is 16.5 Å². The Kier molecular flexibility index (Phi) is 3.45. The van der Waals surface area contributed by atoms with E-state index in [-0.39, 0.29) is 11.9 Å². The van der Waals surface area contributed by atoms with Crippen LogP contribution in [0.3, 0.4) is 0 Å². The van der Waals surface area contributed by atoms with Crippen molar-refractivity contribution < 1.29 is 4.79 Å². The second-order valence-electron chi connectivity index (χ2n) is 5.36. The number of hydrogen-bond donors (Lipinski definition) is 0. The number of carbonyl (C=O) groups excluding carboxylic acids is 1. The number of rotatable bonds is 3. The summed E-state index contributed by atoms with van der Waals surface area (Å²) in [6.45, 7) is 1.26. The molecule has 1 amide bonds. The van der Waals surface area contributed by atoms with E-state index in [9.17, 15) is 4.79 Å². The molecule has 0 N–H and O–H groups in total. The van der Waals surface area contributed by atoms with Crippen LogP contribution in [0.5, 0.6) is 0 Å². The van der Waals surface area contributed by atoms with Crippen molar-refractivity contribution in [2.75, 3.05) is 13.1 Å². The first-order valence-corrected chi connectivity index (χ1v) is 7.97. The summed E-state index contributed by atoms with van der Waals surface area (Å²) in [6, 6.07) is 9.74. The fourth-order valence-electron chi connectivity index (χ4n) is 2.51. The van der Waals surface area contributed by atoms with Crippen LogP contribution in [0.4, 0.5) is 0 Å². The predicted octanol–water partition coefficient (Wildman–Crippen LogP) is 1.92. The largest absolute Gasteiger partial charge is 0.333 e. The van der Waals surface area contributed by atoms with Gasteiger partial charge < -0.3 is 4.90 Å². The Morgan fingerprint density at radius 1 is 1.13 bits per heavy atom. The molecule has 0 unspecified atom stereocenters. The van der Waals surface area contributed by atoms with Crippen LogP contribution in [0.2, 0.25) is 0 Å². The van der Waals surface area contributed by atoms with Gasteiger partial charge >= 0.3 is 0 Å². The molecule has 0 bridgehead atoms. The standard InChI is InChI=1S/C15H13BrN6O/c16-11-6-17-21(8-11)13-9-20(10-13)15(23)14-7-18-22(19-14)12-4-2-1-3-5-12/h1-8,13H,9-10H2. The molecule has 0 spiro atoms. The quantitative estimate of drug-likeness (QED) is 0.704. The third kappa shape index (κ3) is 2.65. The molecule has 1 aliphatic rings. The van der Waals surface area contributed by atoms with E-state index in [2.05, 4.69) is 31.2 Å². The highest BCUT2D eigenvalue weighted by Gasteiger charge is 2.34. The fourth-order valence-corrected chi connectivity index (χ4v) is 2.81. The Labute approximate surface area is 140 Å². The molecule has 3 heterocycles. The van der Waals surface area contributed by atoms with E-state index < -0.39 is 0 Å². The summed E-state index contributed by atoms with van der Waals surface area (Å²) < 4.78 is 2.81. The molecule has 4 rings (SSSR count). The molecule has 2 aromatic heterocycles. The summed E-state index contributed by atoms with van der Waals surface area (Å²) in [4.78, 5) is 15.6. The normalized spacial score (nSPS) is 14.7. The third-order valence-corrected chi connectivity index (χ3v) is 4.20. The maximum atomic E-state index is 12.4. The smallest absolute Gasteiger partial charge is 0.276 e. The number of likely N-dealkylation sites (tertiary alicyclic amines) is 1. The lowest BCUT2D eigenvalue weighted by atomic mass is 10.1. The number of amides is 1. The van der Waals surface area contributed by atoms with Crippen molar-refractivity contribution in [1.82, 2.24) is 29.7 Å². The Bertz CT molecular complexity index is 837. The van der Waals surface area contributed by atoms with Gasteiger partial charge in [-0.2, -0.15) is 15.0 Å². The number of halogens is 1. The maximum absolute atomic E-state index is 12.4. The van der Waals surface area contributed by atoms with Gasteiger partial charge in [0.05, 0.1) is 28.6 Å². The molecule has 0 saturated carbocycles. The van der Waals surface area contributed by atoms with Crippen LogP contribution >= 0.6 is 15.9 Å². The van der Waals surface area contributed by atoms with Crippen LogP contribution in [0.25, 0.3) is 5.69 Å². The van der Waals surface area contributed by atoms with E-state index in [0.717, 1.165) is 10.2 Å². The van der Waals surface area contributed by atoms with Crippen molar-refractivity contribution in [3.05, 3.63) is 59.1 Å². The molecule has 3 aromatic rings. The number of carbonyl (C=O) groups is 1. The average Bonchev–Trinajstić information content (AvgIpc) is 3.16. The van der Waals surface area contributed by atoms with Gasteiger partial charge in [-0.1, -0.05) is 18.2 Å². The number of nitrogens with zero attached hydrogens (tertiary/aromatic N) is 6. The minimum Gasteiger partial charge on any atom is -0.333 e. The zero-order valence-electron chi connectivity index (χ0n) is 12.1. The van der Waals surface area contributed by atoms with E-state index >= 15 is 0 Å². The van der Waals surface area contributed by atoms with E-state index in [0.29, 0.717) is 18.8 Å². The Morgan fingerprint density at radius 3 is 2.61 bits per heavy atom. The topological polar surface area (TPSA) is 68.8 Å². The van der Waals surface area contributed by atoms with Gasteiger partial charge in [-0.15, -0.1) is 5.10 Å². The van der Waals surface area contributed by atoms with Crippen molar-refractivity contribution in [2.45, 2.75) is 6.04 Å². The summed E-state index contributed by atoms with van der Waals surface area (Å²) in [5.41, 5.74) is 1.18. The molecule has 1 saturated heterocycles. The summed E-state index contributed by atoms with van der Waals surface area (Å²) >= 11 is 3.37. The molecular formula is C15H13BrN6O. The molecule has 0 aliphatic carbocycles. The first-order valence-electron chi connectivity index (χ1n) is 7.17. The van der Waals surface area contributed by atoms with Crippen LogP contribution in [-0.2, 0) is 0 Å². The maximum Gasteiger partial charge on any atom is 0.276 e. The van der Waals surface area contributed by atoms with Crippen molar-refractivity contribution in [3.63, 3.8) is 0 Å². The molecule has 0 radical (unpaired) electrons. The van der Waals surface area contributed by atoms with Crippen LogP contribution in [-0.4, -0.2) is 48.7 Å². The summed E-state index contributed by atoms with van der Waals surface area (Å²) in [5, 5.41) is 12.7. The lowest BCUT2D eigenvalue weighted by Crippen LogP contribution is -2.51. The van der Waals surface area contributed by atoms with E-state index in [1.54, 1.807) is 11.1 Å². The molecule has 23 heavy (non-hydrogen) atoms. The zero-order chi connectivity index (χ0) is 15.8. The molecule has 1 aromatic carbocycles. The van der Waals surface area contributed by atoms with Gasteiger partial charge in [0.15, 0.2) is 5.69 Å². The van der Waals surface area contributed by atoms with Crippen molar-refractivity contribution >= 4 is 21.8 Å². The van der Waals surface area contributed by atoms with E-state index in [4.69, 9.17) is 0 Å². The van der Waals surface area contributed by atoms with Crippen LogP contribution in [0.15, 0.2) is 53.4 Å². The van der Waals surface area contributed by atoms with Crippen LogP contribution in [0, 0.1) is 0 Å². The van der Waals surface area contributed by atoms with Gasteiger partial charge in [0.25, 0.3) is 5.91 Å². The minimum atomic E-state index is -0.102. The van der Waals surface area contributed by atoms with Gasteiger partial charge in [-0.3, -0.25) is 9.48 Å². The monoisotopic (exact) mass is 372 g/mol. The minimum absolute atomic E-state index is 0.102. The Morgan fingerprint density at radius 2 is 1.91 bits per heavy atom. The second-order valence-corrected chi connectivity index (χ2v) is 6.27. The van der Waals surface area contributed by atoms with Crippen molar-refractivity contribution in [3.8, 4) is 5.69 Å². The molecular weight excluding hydrogens is 360 g/mol. The molecule has 7 nitrogen and oxygen atoms in total. The van der Waals surface area contributed by atoms with Crippen molar-refractivity contribution in [2.24, 2.45) is 0 Å². The highest BCUT2D eigenvalue weighted by Crippen LogP contribution is 2.23.